The van der Waals surface area contributed by atoms with E-state index in [1.165, 1.54) is 0 Å². The van der Waals surface area contributed by atoms with Crippen molar-refractivity contribution in [3.8, 4) is 0 Å². The third kappa shape index (κ3) is 4.08. The lowest BCUT2D eigenvalue weighted by Crippen LogP contribution is -2.40. The Morgan fingerprint density at radius 2 is 2.12 bits per heavy atom. The number of amides is 3. The van der Waals surface area contributed by atoms with E-state index in [-0.39, 0.29) is 36.7 Å². The smallest absolute Gasteiger partial charge is 0.239 e. The topological polar surface area (TPSA) is 78.5 Å². The average molecular weight is 347 g/mol. The van der Waals surface area contributed by atoms with E-state index in [9.17, 15) is 14.4 Å². The third-order valence-corrected chi connectivity index (χ3v) is 4.95. The zero-order chi connectivity index (χ0) is 17.1. The van der Waals surface area contributed by atoms with Gasteiger partial charge in [-0.1, -0.05) is 6.07 Å². The Bertz CT molecular complexity index is 660. The summed E-state index contributed by atoms with van der Waals surface area (Å²) in [7, 11) is 0. The van der Waals surface area contributed by atoms with Gasteiger partial charge in [0.2, 0.25) is 17.7 Å². The highest BCUT2D eigenvalue weighted by Crippen LogP contribution is 2.28. The van der Waals surface area contributed by atoms with E-state index < -0.39 is 5.92 Å². The van der Waals surface area contributed by atoms with Gasteiger partial charge >= 0.3 is 0 Å². The van der Waals surface area contributed by atoms with Gasteiger partial charge in [0.25, 0.3) is 0 Å². The van der Waals surface area contributed by atoms with Crippen LogP contribution in [0.3, 0.4) is 0 Å². The molecule has 1 heterocycles. The fourth-order valence-electron chi connectivity index (χ4n) is 2.73. The second-order valence-corrected chi connectivity index (χ2v) is 7.05. The number of carbonyl (C=O) groups is 3. The standard InChI is InChI=1S/C17H21N3O3S/c1-24-14-4-2-3-13(8-14)20-10-11(7-16(20)22)17(23)18-9-15(21)19-12-5-6-12/h2-4,8,11-12H,5-7,9-10H2,1H3,(H,18,23)(H,19,21). The largest absolute Gasteiger partial charge is 0.352 e. The number of thioether (sulfide) groups is 1. The first-order valence-corrected chi connectivity index (χ1v) is 9.31. The van der Waals surface area contributed by atoms with Crippen LogP contribution in [0.1, 0.15) is 19.3 Å². The van der Waals surface area contributed by atoms with Crippen LogP contribution in [0.25, 0.3) is 0 Å². The summed E-state index contributed by atoms with van der Waals surface area (Å²) >= 11 is 1.61. The molecule has 128 valence electrons. The van der Waals surface area contributed by atoms with Crippen molar-refractivity contribution in [1.82, 2.24) is 10.6 Å². The number of anilines is 1. The Hall–Kier alpha value is -2.02. The van der Waals surface area contributed by atoms with Crippen LogP contribution in [-0.2, 0) is 14.4 Å². The normalized spacial score (nSPS) is 20.1. The van der Waals surface area contributed by atoms with Crippen molar-refractivity contribution < 1.29 is 14.4 Å². The highest BCUT2D eigenvalue weighted by molar-refractivity contribution is 7.98. The maximum absolute atomic E-state index is 12.2. The lowest BCUT2D eigenvalue weighted by atomic mass is 10.1. The minimum atomic E-state index is -0.413. The molecule has 24 heavy (non-hydrogen) atoms. The third-order valence-electron chi connectivity index (χ3n) is 4.23. The van der Waals surface area contributed by atoms with Crippen LogP contribution >= 0.6 is 11.8 Å². The van der Waals surface area contributed by atoms with E-state index in [4.69, 9.17) is 0 Å². The Balaban J connectivity index is 1.55. The molecule has 2 N–H and O–H groups in total. The molecular weight excluding hydrogens is 326 g/mol. The number of carbonyl (C=O) groups excluding carboxylic acids is 3. The van der Waals surface area contributed by atoms with Gasteiger partial charge in [-0.3, -0.25) is 14.4 Å². The van der Waals surface area contributed by atoms with E-state index in [0.29, 0.717) is 6.54 Å². The summed E-state index contributed by atoms with van der Waals surface area (Å²) in [5.74, 6) is -0.877. The Labute approximate surface area is 145 Å². The summed E-state index contributed by atoms with van der Waals surface area (Å²) in [6.07, 6.45) is 4.19. The first kappa shape index (κ1) is 16.8. The first-order valence-electron chi connectivity index (χ1n) is 8.08. The number of nitrogens with zero attached hydrogens (tertiary/aromatic N) is 1. The van der Waals surface area contributed by atoms with Gasteiger partial charge in [0, 0.05) is 29.6 Å². The van der Waals surface area contributed by atoms with E-state index in [0.717, 1.165) is 23.4 Å². The fourth-order valence-corrected chi connectivity index (χ4v) is 3.18. The molecule has 0 spiro atoms. The molecule has 1 saturated carbocycles. The Morgan fingerprint density at radius 3 is 2.83 bits per heavy atom. The molecule has 0 aromatic heterocycles. The number of rotatable bonds is 6. The first-order chi connectivity index (χ1) is 11.6. The van der Waals surface area contributed by atoms with E-state index >= 15 is 0 Å². The molecule has 1 aliphatic carbocycles. The summed E-state index contributed by atoms with van der Waals surface area (Å²) in [5, 5.41) is 5.46. The van der Waals surface area contributed by atoms with Crippen molar-refractivity contribution in [1.29, 1.82) is 0 Å². The quantitative estimate of drug-likeness (QED) is 0.757. The van der Waals surface area contributed by atoms with Crippen LogP contribution in [0.15, 0.2) is 29.2 Å². The zero-order valence-electron chi connectivity index (χ0n) is 13.6. The van der Waals surface area contributed by atoms with E-state index in [1.807, 2.05) is 30.5 Å². The SMILES string of the molecule is CSc1cccc(N2CC(C(=O)NCC(=O)NC3CC3)CC2=O)c1. The van der Waals surface area contributed by atoms with Crippen molar-refractivity contribution in [2.24, 2.45) is 5.92 Å². The molecule has 1 aliphatic heterocycles. The molecule has 0 radical (unpaired) electrons. The molecule has 2 aliphatic rings. The molecule has 6 nitrogen and oxygen atoms in total. The van der Waals surface area contributed by atoms with E-state index in [2.05, 4.69) is 10.6 Å². The Kier molecular flexibility index (Phi) is 5.08. The van der Waals surface area contributed by atoms with Crippen LogP contribution in [0, 0.1) is 5.92 Å². The van der Waals surface area contributed by atoms with Crippen LogP contribution < -0.4 is 15.5 Å². The monoisotopic (exact) mass is 347 g/mol. The van der Waals surface area contributed by atoms with Crippen LogP contribution in [0.5, 0.6) is 0 Å². The van der Waals surface area contributed by atoms with Crippen molar-refractivity contribution in [3.63, 3.8) is 0 Å². The molecule has 1 saturated heterocycles. The van der Waals surface area contributed by atoms with Gasteiger partial charge in [-0.2, -0.15) is 0 Å². The maximum Gasteiger partial charge on any atom is 0.239 e. The minimum absolute atomic E-state index is 0.0258. The molecule has 7 heteroatoms. The number of hydrogen-bond donors (Lipinski definition) is 2. The van der Waals surface area contributed by atoms with Crippen molar-refractivity contribution >= 4 is 35.2 Å². The average Bonchev–Trinajstić information content (AvgIpc) is 3.31. The molecule has 1 unspecified atom stereocenters. The van der Waals surface area contributed by atoms with Gasteiger partial charge in [-0.25, -0.2) is 0 Å². The second-order valence-electron chi connectivity index (χ2n) is 6.17. The number of benzene rings is 1. The molecule has 1 aromatic rings. The summed E-state index contributed by atoms with van der Waals surface area (Å²) < 4.78 is 0. The molecule has 3 rings (SSSR count). The summed E-state index contributed by atoms with van der Waals surface area (Å²) in [6.45, 7) is 0.328. The van der Waals surface area contributed by atoms with Crippen molar-refractivity contribution in [2.75, 3.05) is 24.2 Å². The predicted octanol–water partition coefficient (Wildman–Crippen LogP) is 1.16. The Morgan fingerprint density at radius 1 is 1.33 bits per heavy atom. The van der Waals surface area contributed by atoms with Crippen LogP contribution in [0.2, 0.25) is 0 Å². The summed E-state index contributed by atoms with van der Waals surface area (Å²) in [6, 6.07) is 8.00. The second kappa shape index (κ2) is 7.25. The van der Waals surface area contributed by atoms with Gasteiger partial charge in [-0.05, 0) is 37.3 Å². The fraction of sp³-hybridized carbons (Fsp3) is 0.471. The van der Waals surface area contributed by atoms with Gasteiger partial charge in [0.1, 0.15) is 0 Å². The minimum Gasteiger partial charge on any atom is -0.352 e. The van der Waals surface area contributed by atoms with Gasteiger partial charge in [-0.15, -0.1) is 11.8 Å². The molecule has 1 atom stereocenters. The number of hydrogen-bond acceptors (Lipinski definition) is 4. The molecule has 1 aromatic carbocycles. The summed E-state index contributed by atoms with van der Waals surface area (Å²) in [4.78, 5) is 38.8. The molecule has 0 bridgehead atoms. The number of nitrogens with one attached hydrogen (secondary N) is 2. The molecular formula is C17H21N3O3S. The van der Waals surface area contributed by atoms with Crippen molar-refractivity contribution in [2.45, 2.75) is 30.2 Å². The molecule has 2 fully saturated rings. The van der Waals surface area contributed by atoms with E-state index in [1.54, 1.807) is 16.7 Å². The van der Waals surface area contributed by atoms with Crippen LogP contribution in [-0.4, -0.2) is 43.1 Å². The lowest BCUT2D eigenvalue weighted by Gasteiger charge is -2.17. The highest BCUT2D eigenvalue weighted by Gasteiger charge is 2.35. The molecule has 3 amide bonds. The maximum atomic E-state index is 12.2. The van der Waals surface area contributed by atoms with Crippen molar-refractivity contribution in [3.05, 3.63) is 24.3 Å². The zero-order valence-corrected chi connectivity index (χ0v) is 14.4. The summed E-state index contributed by atoms with van der Waals surface area (Å²) in [5.41, 5.74) is 0.814. The lowest BCUT2D eigenvalue weighted by molar-refractivity contribution is -0.129. The van der Waals surface area contributed by atoms with Gasteiger partial charge < -0.3 is 15.5 Å². The van der Waals surface area contributed by atoms with Gasteiger partial charge in [0.05, 0.1) is 12.5 Å². The van der Waals surface area contributed by atoms with Gasteiger partial charge in [0.15, 0.2) is 0 Å². The highest BCUT2D eigenvalue weighted by atomic mass is 32.2. The van der Waals surface area contributed by atoms with Crippen LogP contribution in [0.4, 0.5) is 5.69 Å². The predicted molar refractivity (Wildman–Crippen MR) is 92.9 cm³/mol.